The molecule has 0 aliphatic rings. The van der Waals surface area contributed by atoms with Crippen LogP contribution in [0.15, 0.2) is 65.6 Å². The monoisotopic (exact) mass is 472 g/mol. The summed E-state index contributed by atoms with van der Waals surface area (Å²) in [5.74, 6) is -2.72. The Morgan fingerprint density at radius 3 is 2.40 bits per heavy atom. The third-order valence-corrected chi connectivity index (χ3v) is 5.25. The van der Waals surface area contributed by atoms with Gasteiger partial charge in [-0.15, -0.1) is 5.06 Å². The van der Waals surface area contributed by atoms with Crippen LogP contribution in [0.4, 0.5) is 14.5 Å². The second-order valence-electron chi connectivity index (χ2n) is 5.93. The molecular weight excluding hydrogens is 461 g/mol. The first kappa shape index (κ1) is 22.0. The van der Waals surface area contributed by atoms with Gasteiger partial charge in [0.05, 0.1) is 21.2 Å². The van der Waals surface area contributed by atoms with E-state index in [4.69, 9.17) is 33.2 Å². The van der Waals surface area contributed by atoms with Crippen LogP contribution < -0.4 is 15.0 Å². The second-order valence-corrected chi connectivity index (χ2v) is 8.34. The molecule has 0 bridgehead atoms. The van der Waals surface area contributed by atoms with E-state index in [0.717, 1.165) is 36.4 Å². The van der Waals surface area contributed by atoms with Crippen molar-refractivity contribution in [1.29, 1.82) is 0 Å². The lowest BCUT2D eigenvalue weighted by Crippen LogP contribution is -2.35. The predicted octanol–water partition coefficient (Wildman–Crippen LogP) is 4.56. The molecule has 0 atom stereocenters. The number of amides is 1. The Morgan fingerprint density at radius 1 is 1.00 bits per heavy atom. The Balaban J connectivity index is 2.13. The van der Waals surface area contributed by atoms with Crippen LogP contribution in [-0.2, 0) is 10.0 Å². The molecule has 0 aromatic heterocycles. The van der Waals surface area contributed by atoms with Crippen LogP contribution >= 0.6 is 23.2 Å². The van der Waals surface area contributed by atoms with Crippen LogP contribution in [0, 0.1) is 11.6 Å². The highest BCUT2D eigenvalue weighted by molar-refractivity contribution is 7.89. The second kappa shape index (κ2) is 8.57. The number of nitrogens with two attached hydrogens (primary N) is 1. The summed E-state index contributed by atoms with van der Waals surface area (Å²) in [6.45, 7) is 0. The van der Waals surface area contributed by atoms with Crippen molar-refractivity contribution in [2.45, 2.75) is 4.90 Å². The molecule has 0 aliphatic heterocycles. The van der Waals surface area contributed by atoms with Crippen molar-refractivity contribution in [3.8, 4) is 5.75 Å². The molecule has 1 amide bonds. The lowest BCUT2D eigenvalue weighted by Gasteiger charge is -2.23. The third kappa shape index (κ3) is 4.88. The lowest BCUT2D eigenvalue weighted by molar-refractivity contribution is 0.0876. The first-order valence-electron chi connectivity index (χ1n) is 8.11. The molecule has 11 heteroatoms. The maximum absolute atomic E-state index is 14.3. The van der Waals surface area contributed by atoms with Gasteiger partial charge in [0.15, 0.2) is 5.75 Å². The van der Waals surface area contributed by atoms with E-state index in [0.29, 0.717) is 5.06 Å². The van der Waals surface area contributed by atoms with Crippen LogP contribution in [0.2, 0.25) is 10.0 Å². The molecule has 6 nitrogen and oxygen atoms in total. The van der Waals surface area contributed by atoms with E-state index in [2.05, 4.69) is 0 Å². The molecule has 0 aliphatic carbocycles. The van der Waals surface area contributed by atoms with E-state index in [1.807, 2.05) is 0 Å². The highest BCUT2D eigenvalue weighted by Gasteiger charge is 2.25. The molecule has 0 heterocycles. The molecule has 0 saturated heterocycles. The minimum atomic E-state index is -4.12. The maximum atomic E-state index is 14.3. The van der Waals surface area contributed by atoms with E-state index < -0.39 is 33.1 Å². The summed E-state index contributed by atoms with van der Waals surface area (Å²) >= 11 is 11.8. The van der Waals surface area contributed by atoms with Crippen molar-refractivity contribution < 1.29 is 26.8 Å². The standard InChI is InChI=1S/C19H12Cl2F2N2O4S/c20-11-4-6-17(23)15(8-11)19(26)25(29-18-7-5-12(22)9-16(18)21)13-2-1-3-14(10-13)30(24,27)28/h1-10H,(H2,24,27,28). The molecule has 0 saturated carbocycles. The normalized spacial score (nSPS) is 11.2. The molecule has 30 heavy (non-hydrogen) atoms. The number of hydrogen-bond donors (Lipinski definition) is 1. The Kier molecular flexibility index (Phi) is 6.27. The summed E-state index contributed by atoms with van der Waals surface area (Å²) in [5.41, 5.74) is -0.562. The average molecular weight is 473 g/mol. The number of primary sulfonamides is 1. The zero-order valence-corrected chi connectivity index (χ0v) is 17.2. The Bertz CT molecular complexity index is 1240. The number of sulfonamides is 1. The van der Waals surface area contributed by atoms with Gasteiger partial charge in [-0.3, -0.25) is 4.79 Å². The summed E-state index contributed by atoms with van der Waals surface area (Å²) in [6, 6.07) is 11.3. The van der Waals surface area contributed by atoms with Gasteiger partial charge in [-0.1, -0.05) is 29.3 Å². The molecule has 3 aromatic carbocycles. The summed E-state index contributed by atoms with van der Waals surface area (Å²) in [5, 5.41) is 5.64. The number of nitrogens with zero attached hydrogens (tertiary/aromatic N) is 1. The van der Waals surface area contributed by atoms with Gasteiger partial charge >= 0.3 is 0 Å². The molecule has 3 rings (SSSR count). The van der Waals surface area contributed by atoms with Crippen molar-refractivity contribution in [2.75, 3.05) is 5.06 Å². The van der Waals surface area contributed by atoms with Gasteiger partial charge in [0.2, 0.25) is 10.0 Å². The number of rotatable bonds is 5. The molecule has 0 unspecified atom stereocenters. The first-order valence-corrected chi connectivity index (χ1v) is 10.4. The van der Waals surface area contributed by atoms with E-state index in [-0.39, 0.29) is 26.4 Å². The number of halogens is 4. The van der Waals surface area contributed by atoms with E-state index >= 15 is 0 Å². The van der Waals surface area contributed by atoms with Gasteiger partial charge in [0.1, 0.15) is 11.6 Å². The lowest BCUT2D eigenvalue weighted by atomic mass is 10.2. The number of carbonyl (C=O) groups excluding carboxylic acids is 1. The van der Waals surface area contributed by atoms with Crippen LogP contribution in [0.25, 0.3) is 0 Å². The van der Waals surface area contributed by atoms with Gasteiger partial charge in [0, 0.05) is 5.02 Å². The summed E-state index contributed by atoms with van der Waals surface area (Å²) in [6.07, 6.45) is 0. The van der Waals surface area contributed by atoms with Gasteiger partial charge < -0.3 is 4.84 Å². The zero-order chi connectivity index (χ0) is 22.1. The van der Waals surface area contributed by atoms with E-state index in [9.17, 15) is 22.0 Å². The van der Waals surface area contributed by atoms with Crippen LogP contribution in [0.3, 0.4) is 0 Å². The quantitative estimate of drug-likeness (QED) is 0.551. The Hall–Kier alpha value is -2.72. The van der Waals surface area contributed by atoms with Crippen molar-refractivity contribution >= 4 is 44.8 Å². The maximum Gasteiger partial charge on any atom is 0.294 e. The first-order chi connectivity index (χ1) is 14.1. The molecule has 156 valence electrons. The fourth-order valence-corrected chi connectivity index (χ4v) is 3.34. The summed E-state index contributed by atoms with van der Waals surface area (Å²) < 4.78 is 51.0. The SMILES string of the molecule is NS(=O)(=O)c1cccc(N(Oc2ccc(F)cc2Cl)C(=O)c2cc(Cl)ccc2F)c1. The summed E-state index contributed by atoms with van der Waals surface area (Å²) in [4.78, 5) is 18.3. The van der Waals surface area contributed by atoms with E-state index in [1.165, 1.54) is 24.3 Å². The van der Waals surface area contributed by atoms with Crippen molar-refractivity contribution in [3.63, 3.8) is 0 Å². The minimum absolute atomic E-state index is 0.0813. The van der Waals surface area contributed by atoms with Crippen LogP contribution in [-0.4, -0.2) is 14.3 Å². The van der Waals surface area contributed by atoms with Crippen molar-refractivity contribution in [3.05, 3.63) is 87.9 Å². The van der Waals surface area contributed by atoms with Crippen LogP contribution in [0.5, 0.6) is 5.75 Å². The predicted molar refractivity (Wildman–Crippen MR) is 108 cm³/mol. The number of benzene rings is 3. The topological polar surface area (TPSA) is 89.7 Å². The highest BCUT2D eigenvalue weighted by Crippen LogP contribution is 2.30. The fourth-order valence-electron chi connectivity index (χ4n) is 2.42. The molecule has 0 spiro atoms. The van der Waals surface area contributed by atoms with Gasteiger partial charge in [-0.2, -0.15) is 0 Å². The van der Waals surface area contributed by atoms with Gasteiger partial charge in [0.25, 0.3) is 5.91 Å². The Morgan fingerprint density at radius 2 is 1.73 bits per heavy atom. The number of anilines is 1. The molecule has 0 radical (unpaired) electrons. The van der Waals surface area contributed by atoms with Gasteiger partial charge in [-0.25, -0.2) is 22.3 Å². The molecule has 3 aromatic rings. The fraction of sp³-hybridized carbons (Fsp3) is 0. The smallest absolute Gasteiger partial charge is 0.294 e. The van der Waals surface area contributed by atoms with Crippen molar-refractivity contribution in [2.24, 2.45) is 5.14 Å². The number of hydroxylamine groups is 1. The molecule has 2 N–H and O–H groups in total. The zero-order valence-electron chi connectivity index (χ0n) is 14.9. The third-order valence-electron chi connectivity index (χ3n) is 3.81. The van der Waals surface area contributed by atoms with E-state index in [1.54, 1.807) is 0 Å². The number of hydrogen-bond acceptors (Lipinski definition) is 4. The highest BCUT2D eigenvalue weighted by atomic mass is 35.5. The van der Waals surface area contributed by atoms with Crippen LogP contribution in [0.1, 0.15) is 10.4 Å². The summed E-state index contributed by atoms with van der Waals surface area (Å²) in [7, 11) is -4.12. The average Bonchev–Trinajstić information content (AvgIpc) is 2.68. The van der Waals surface area contributed by atoms with Crippen molar-refractivity contribution in [1.82, 2.24) is 0 Å². The number of carbonyl (C=O) groups is 1. The Labute approximate surface area is 180 Å². The largest absolute Gasteiger partial charge is 0.370 e. The molecular formula is C19H12Cl2F2N2O4S. The van der Waals surface area contributed by atoms with Gasteiger partial charge in [-0.05, 0) is 54.6 Å². The minimum Gasteiger partial charge on any atom is -0.370 e. The molecule has 0 fully saturated rings.